The average Bonchev–Trinajstić information content (AvgIpc) is 3.48. The Morgan fingerprint density at radius 1 is 0.421 bits per heavy atom. The van der Waals surface area contributed by atoms with Gasteiger partial charge in [-0.3, -0.25) is 0 Å². The summed E-state index contributed by atoms with van der Waals surface area (Å²) in [7, 11) is 0. The summed E-state index contributed by atoms with van der Waals surface area (Å²) in [5.74, 6) is 1.66. The molecule has 0 atom stereocenters. The number of pyridine rings is 1. The number of aromatic nitrogens is 1. The van der Waals surface area contributed by atoms with Gasteiger partial charge >= 0.3 is 0 Å². The van der Waals surface area contributed by atoms with Crippen molar-refractivity contribution in [1.82, 2.24) is 4.98 Å². The Labute approximate surface area is 331 Å². The highest BCUT2D eigenvalue weighted by atomic mass is 16.5. The fraction of sp³-hybridized carbons (Fsp3) is 0.0556. The van der Waals surface area contributed by atoms with E-state index in [0.717, 1.165) is 61.8 Å². The Morgan fingerprint density at radius 2 is 0.877 bits per heavy atom. The first-order valence-electron chi connectivity index (χ1n) is 19.7. The van der Waals surface area contributed by atoms with Gasteiger partial charge in [0.15, 0.2) is 11.5 Å². The summed E-state index contributed by atoms with van der Waals surface area (Å²) in [5.41, 5.74) is 11.9. The van der Waals surface area contributed by atoms with E-state index in [9.17, 15) is 0 Å². The van der Waals surface area contributed by atoms with Crippen molar-refractivity contribution in [1.29, 1.82) is 0 Å². The van der Waals surface area contributed by atoms with Crippen molar-refractivity contribution in [2.24, 2.45) is 0 Å². The third-order valence-electron chi connectivity index (χ3n) is 12.4. The molecule has 9 aromatic carbocycles. The van der Waals surface area contributed by atoms with Crippen LogP contribution in [0.15, 0.2) is 182 Å². The van der Waals surface area contributed by atoms with Gasteiger partial charge in [0.1, 0.15) is 0 Å². The minimum absolute atomic E-state index is 0.265. The smallest absolute Gasteiger partial charge is 0.152 e. The molecule has 0 saturated carbocycles. The minimum atomic E-state index is -0.265. The molecule has 0 spiro atoms. The summed E-state index contributed by atoms with van der Waals surface area (Å²) in [6.07, 6.45) is 0. The van der Waals surface area contributed by atoms with E-state index in [2.05, 4.69) is 201 Å². The molecular formula is C54H36N2O. The van der Waals surface area contributed by atoms with E-state index in [-0.39, 0.29) is 5.41 Å². The van der Waals surface area contributed by atoms with Crippen molar-refractivity contribution in [3.05, 3.63) is 193 Å². The van der Waals surface area contributed by atoms with Crippen molar-refractivity contribution >= 4 is 60.2 Å². The number of hydrogen-bond acceptors (Lipinski definition) is 3. The molecule has 0 N–H and O–H groups in total. The van der Waals surface area contributed by atoms with Gasteiger partial charge in [-0.05, 0) is 114 Å². The third kappa shape index (κ3) is 4.76. The maximum absolute atomic E-state index is 7.03. The third-order valence-corrected chi connectivity index (χ3v) is 12.4. The molecule has 1 aliphatic carbocycles. The molecule has 268 valence electrons. The van der Waals surface area contributed by atoms with E-state index in [1.807, 2.05) is 0 Å². The predicted molar refractivity (Wildman–Crippen MR) is 237 cm³/mol. The lowest BCUT2D eigenvalue weighted by atomic mass is 9.81. The quantitative estimate of drug-likeness (QED) is 0.169. The van der Waals surface area contributed by atoms with Crippen LogP contribution in [0.1, 0.15) is 25.0 Å². The molecule has 2 aliphatic rings. The second-order valence-corrected chi connectivity index (χ2v) is 16.0. The molecule has 0 saturated heterocycles. The summed E-state index contributed by atoms with van der Waals surface area (Å²) >= 11 is 0. The van der Waals surface area contributed by atoms with Crippen LogP contribution < -0.4 is 9.64 Å². The molecule has 0 fully saturated rings. The van der Waals surface area contributed by atoms with Gasteiger partial charge in [-0.1, -0.05) is 147 Å². The van der Waals surface area contributed by atoms with E-state index >= 15 is 0 Å². The highest BCUT2D eigenvalue weighted by Crippen LogP contribution is 2.59. The lowest BCUT2D eigenvalue weighted by Gasteiger charge is -2.35. The summed E-state index contributed by atoms with van der Waals surface area (Å²) in [6, 6.07) is 65.7. The standard InChI is InChI=1S/C54H36N2O/c1-54(2)46-30-43-41-24-14-12-22-39(41)38-21-11-13-23-40(38)42(43)29-44(46)45-31-53-51(32-47(45)54)56(50-25-35-19-9-10-20-36(35)26-52(50)57-53)37-27-48(33-15-5-3-6-16-33)55-49(28-37)34-17-7-4-8-18-34/h3-32H,1-2H3. The van der Waals surface area contributed by atoms with E-state index < -0.39 is 0 Å². The van der Waals surface area contributed by atoms with Crippen LogP contribution in [0.3, 0.4) is 0 Å². The van der Waals surface area contributed by atoms with Gasteiger partial charge in [0, 0.05) is 16.5 Å². The fourth-order valence-corrected chi connectivity index (χ4v) is 9.55. The molecule has 0 bridgehead atoms. The Hall–Kier alpha value is -7.23. The molecule has 12 rings (SSSR count). The van der Waals surface area contributed by atoms with Crippen molar-refractivity contribution < 1.29 is 4.74 Å². The van der Waals surface area contributed by atoms with Crippen molar-refractivity contribution in [3.8, 4) is 45.1 Å². The molecule has 10 aromatic rings. The summed E-state index contributed by atoms with van der Waals surface area (Å²) in [5, 5.41) is 10.0. The summed E-state index contributed by atoms with van der Waals surface area (Å²) < 4.78 is 7.03. The van der Waals surface area contributed by atoms with Gasteiger partial charge in [0.25, 0.3) is 0 Å². The monoisotopic (exact) mass is 728 g/mol. The first kappa shape index (κ1) is 32.1. The van der Waals surface area contributed by atoms with Gasteiger partial charge in [-0.2, -0.15) is 0 Å². The van der Waals surface area contributed by atoms with Gasteiger partial charge in [0.2, 0.25) is 0 Å². The van der Waals surface area contributed by atoms with Gasteiger partial charge in [-0.15, -0.1) is 0 Å². The van der Waals surface area contributed by atoms with Crippen molar-refractivity contribution in [2.75, 3.05) is 4.90 Å². The van der Waals surface area contributed by atoms with E-state index in [4.69, 9.17) is 9.72 Å². The van der Waals surface area contributed by atoms with Crippen LogP contribution in [0.5, 0.6) is 11.5 Å². The number of rotatable bonds is 3. The van der Waals surface area contributed by atoms with Crippen LogP contribution in [-0.2, 0) is 5.41 Å². The van der Waals surface area contributed by atoms with E-state index in [0.29, 0.717) is 0 Å². The van der Waals surface area contributed by atoms with E-state index in [1.54, 1.807) is 0 Å². The fourth-order valence-electron chi connectivity index (χ4n) is 9.55. The highest BCUT2D eigenvalue weighted by molar-refractivity contribution is 6.26. The Balaban J connectivity index is 1.13. The summed E-state index contributed by atoms with van der Waals surface area (Å²) in [4.78, 5) is 7.65. The highest BCUT2D eigenvalue weighted by Gasteiger charge is 2.39. The van der Waals surface area contributed by atoms with Crippen LogP contribution in [0.2, 0.25) is 0 Å². The van der Waals surface area contributed by atoms with Crippen LogP contribution in [0.25, 0.3) is 76.7 Å². The zero-order chi connectivity index (χ0) is 37.8. The molecule has 1 aliphatic heterocycles. The zero-order valence-corrected chi connectivity index (χ0v) is 31.6. The van der Waals surface area contributed by atoms with Crippen LogP contribution >= 0.6 is 0 Å². The van der Waals surface area contributed by atoms with Gasteiger partial charge < -0.3 is 9.64 Å². The minimum Gasteiger partial charge on any atom is -0.453 e. The topological polar surface area (TPSA) is 25.4 Å². The molecule has 2 heterocycles. The maximum Gasteiger partial charge on any atom is 0.152 e. The first-order chi connectivity index (χ1) is 28.0. The van der Waals surface area contributed by atoms with Gasteiger partial charge in [-0.25, -0.2) is 4.98 Å². The lowest BCUT2D eigenvalue weighted by molar-refractivity contribution is 0.477. The largest absolute Gasteiger partial charge is 0.453 e. The molecule has 0 unspecified atom stereocenters. The molecule has 3 heteroatoms. The molecule has 1 aromatic heterocycles. The van der Waals surface area contributed by atoms with Crippen molar-refractivity contribution in [3.63, 3.8) is 0 Å². The average molecular weight is 729 g/mol. The number of fused-ring (bicyclic) bond motifs is 12. The molecule has 0 radical (unpaired) electrons. The van der Waals surface area contributed by atoms with Crippen LogP contribution in [-0.4, -0.2) is 4.98 Å². The zero-order valence-electron chi connectivity index (χ0n) is 31.6. The van der Waals surface area contributed by atoms with E-state index in [1.165, 1.54) is 54.6 Å². The Bertz CT molecular complexity index is 3240. The first-order valence-corrected chi connectivity index (χ1v) is 19.7. The lowest BCUT2D eigenvalue weighted by Crippen LogP contribution is -2.19. The number of anilines is 3. The van der Waals surface area contributed by atoms with Crippen LogP contribution in [0.4, 0.5) is 17.1 Å². The van der Waals surface area contributed by atoms with Gasteiger partial charge in [0.05, 0.1) is 28.5 Å². The Kier molecular flexibility index (Phi) is 6.68. The molecule has 0 amide bonds. The normalized spacial score (nSPS) is 13.7. The maximum atomic E-state index is 7.03. The molecular weight excluding hydrogens is 693 g/mol. The Morgan fingerprint density at radius 3 is 1.49 bits per heavy atom. The molecule has 3 nitrogen and oxygen atoms in total. The second-order valence-electron chi connectivity index (χ2n) is 16.0. The van der Waals surface area contributed by atoms with Crippen LogP contribution in [0, 0.1) is 0 Å². The number of nitrogens with zero attached hydrogens (tertiary/aromatic N) is 2. The summed E-state index contributed by atoms with van der Waals surface area (Å²) in [6.45, 7) is 4.75. The number of ether oxygens (including phenoxy) is 1. The molecule has 57 heavy (non-hydrogen) atoms. The van der Waals surface area contributed by atoms with Crippen molar-refractivity contribution in [2.45, 2.75) is 19.3 Å². The number of benzene rings is 9. The SMILES string of the molecule is CC1(C)c2cc3c(cc2-c2cc4c5ccccc5c5ccccc5c4cc21)Oc1cc2ccccc2cc1N3c1cc(-c2ccccc2)nc(-c2ccccc2)c1. The second kappa shape index (κ2) is 11.9. The predicted octanol–water partition coefficient (Wildman–Crippen LogP) is 14.9. The number of hydrogen-bond donors (Lipinski definition) is 0.